The van der Waals surface area contributed by atoms with Gasteiger partial charge < -0.3 is 14.9 Å². The van der Waals surface area contributed by atoms with Crippen LogP contribution in [0, 0.1) is 6.92 Å². The molecule has 0 spiro atoms. The number of hydrogen-bond acceptors (Lipinski definition) is 5. The number of phenols is 1. The molecule has 1 heterocycles. The summed E-state index contributed by atoms with van der Waals surface area (Å²) in [6, 6.07) is 19.3. The largest absolute Gasteiger partial charge is 0.507 e. The molecule has 156 valence electrons. The van der Waals surface area contributed by atoms with Crippen LogP contribution in [0.1, 0.15) is 22.7 Å². The molecule has 4 rings (SSSR count). The number of ether oxygens (including phenoxy) is 1. The summed E-state index contributed by atoms with van der Waals surface area (Å²) in [5, 5.41) is 21.5. The number of phenolic OH excluding ortho intramolecular Hbond substituents is 1. The van der Waals surface area contributed by atoms with Gasteiger partial charge in [-0.1, -0.05) is 54.1 Å². The molecule has 0 aromatic heterocycles. The third-order valence-corrected chi connectivity index (χ3v) is 5.32. The Balaban J connectivity index is 1.97. The van der Waals surface area contributed by atoms with Gasteiger partial charge in [-0.25, -0.2) is 0 Å². The number of benzene rings is 3. The maximum atomic E-state index is 13.1. The Bertz CT molecular complexity index is 1200. The fourth-order valence-electron chi connectivity index (χ4n) is 3.74. The first-order valence-electron chi connectivity index (χ1n) is 9.72. The van der Waals surface area contributed by atoms with Crippen molar-refractivity contribution in [2.45, 2.75) is 13.0 Å². The summed E-state index contributed by atoms with van der Waals surface area (Å²) in [7, 11) is 1.52. The number of carbonyl (C=O) groups excluding carboxylic acids is 2. The zero-order chi connectivity index (χ0) is 22.1. The van der Waals surface area contributed by atoms with Gasteiger partial charge in [0.2, 0.25) is 0 Å². The molecule has 0 bridgehead atoms. The number of para-hydroxylation sites is 2. The average Bonchev–Trinajstić information content (AvgIpc) is 3.05. The van der Waals surface area contributed by atoms with E-state index in [9.17, 15) is 19.8 Å². The fraction of sp³-hybridized carbons (Fsp3) is 0.120. The number of rotatable bonds is 4. The lowest BCUT2D eigenvalue weighted by molar-refractivity contribution is -0.132. The second-order valence-electron chi connectivity index (χ2n) is 7.30. The predicted molar refractivity (Wildman–Crippen MR) is 117 cm³/mol. The van der Waals surface area contributed by atoms with E-state index in [1.807, 2.05) is 19.1 Å². The molecule has 1 amide bonds. The van der Waals surface area contributed by atoms with Crippen molar-refractivity contribution in [3.05, 3.63) is 95.1 Å². The minimum absolute atomic E-state index is 0.0506. The second kappa shape index (κ2) is 7.99. The lowest BCUT2D eigenvalue weighted by atomic mass is 9.94. The van der Waals surface area contributed by atoms with Gasteiger partial charge in [-0.3, -0.25) is 14.5 Å². The van der Waals surface area contributed by atoms with Crippen LogP contribution < -0.4 is 9.64 Å². The number of aliphatic hydroxyl groups excluding tert-OH is 1. The molecule has 0 saturated carbocycles. The molecule has 1 atom stereocenters. The first-order valence-corrected chi connectivity index (χ1v) is 9.72. The minimum Gasteiger partial charge on any atom is -0.507 e. The van der Waals surface area contributed by atoms with Crippen molar-refractivity contribution < 1.29 is 24.5 Å². The lowest BCUT2D eigenvalue weighted by Crippen LogP contribution is -2.29. The molecule has 1 aliphatic heterocycles. The Kier molecular flexibility index (Phi) is 5.21. The van der Waals surface area contributed by atoms with Crippen LogP contribution in [0.2, 0.25) is 0 Å². The number of anilines is 1. The molecule has 0 radical (unpaired) electrons. The molecule has 3 aromatic carbocycles. The number of aliphatic hydroxyl groups is 1. The van der Waals surface area contributed by atoms with Crippen LogP contribution in [0.4, 0.5) is 5.69 Å². The summed E-state index contributed by atoms with van der Waals surface area (Å²) < 4.78 is 5.31. The molecular weight excluding hydrogens is 394 g/mol. The summed E-state index contributed by atoms with van der Waals surface area (Å²) in [4.78, 5) is 27.4. The molecule has 1 fully saturated rings. The highest BCUT2D eigenvalue weighted by Crippen LogP contribution is 2.45. The van der Waals surface area contributed by atoms with Crippen molar-refractivity contribution in [2.24, 2.45) is 0 Å². The topological polar surface area (TPSA) is 87.1 Å². The molecule has 6 heteroatoms. The van der Waals surface area contributed by atoms with E-state index in [1.54, 1.807) is 54.6 Å². The fourth-order valence-corrected chi connectivity index (χ4v) is 3.74. The van der Waals surface area contributed by atoms with E-state index < -0.39 is 17.7 Å². The predicted octanol–water partition coefficient (Wildman–Crippen LogP) is 4.34. The van der Waals surface area contributed by atoms with Crippen LogP contribution in [0.25, 0.3) is 5.76 Å². The number of ketones is 1. The molecular formula is C25H21NO5. The number of nitrogens with zero attached hydrogens (tertiary/aromatic N) is 1. The third kappa shape index (κ3) is 3.53. The van der Waals surface area contributed by atoms with Crippen LogP contribution in [0.3, 0.4) is 0 Å². The number of aryl methyl sites for hydroxylation is 1. The molecule has 1 aliphatic rings. The summed E-state index contributed by atoms with van der Waals surface area (Å²) in [6.07, 6.45) is 0. The Morgan fingerprint density at radius 3 is 2.35 bits per heavy atom. The maximum Gasteiger partial charge on any atom is 0.300 e. The van der Waals surface area contributed by atoms with Gasteiger partial charge in [0, 0.05) is 5.56 Å². The molecule has 2 N–H and O–H groups in total. The van der Waals surface area contributed by atoms with E-state index in [1.165, 1.54) is 18.1 Å². The van der Waals surface area contributed by atoms with Crippen LogP contribution in [0.15, 0.2) is 78.4 Å². The van der Waals surface area contributed by atoms with Crippen LogP contribution in [-0.2, 0) is 9.59 Å². The average molecular weight is 415 g/mol. The highest BCUT2D eigenvalue weighted by atomic mass is 16.5. The van der Waals surface area contributed by atoms with E-state index in [0.717, 1.165) is 5.56 Å². The molecule has 1 unspecified atom stereocenters. The van der Waals surface area contributed by atoms with Gasteiger partial charge in [0.15, 0.2) is 0 Å². The van der Waals surface area contributed by atoms with Crippen molar-refractivity contribution in [1.82, 2.24) is 0 Å². The molecule has 1 saturated heterocycles. The molecule has 0 aliphatic carbocycles. The van der Waals surface area contributed by atoms with E-state index in [0.29, 0.717) is 16.9 Å². The standard InChI is InChI=1S/C25H21NO5/c1-15-10-12-16(13-11-15)23(28)21-22(17-6-5-7-18(14-17)31-2)26(25(30)24(21)29)19-8-3-4-9-20(19)27/h3-14,22,27-28H,1-2H3/b23-21-. The van der Waals surface area contributed by atoms with Gasteiger partial charge >= 0.3 is 0 Å². The van der Waals surface area contributed by atoms with Gasteiger partial charge in [0.05, 0.1) is 24.4 Å². The minimum atomic E-state index is -0.940. The van der Waals surface area contributed by atoms with Crippen molar-refractivity contribution in [3.8, 4) is 11.5 Å². The van der Waals surface area contributed by atoms with Crippen molar-refractivity contribution in [3.63, 3.8) is 0 Å². The second-order valence-corrected chi connectivity index (χ2v) is 7.30. The monoisotopic (exact) mass is 415 g/mol. The highest BCUT2D eigenvalue weighted by molar-refractivity contribution is 6.51. The number of amides is 1. The zero-order valence-electron chi connectivity index (χ0n) is 17.1. The normalized spacial score (nSPS) is 17.7. The number of Topliss-reactive ketones (excluding diaryl/α,β-unsaturated/α-hetero) is 1. The number of carbonyl (C=O) groups is 2. The number of methoxy groups -OCH3 is 1. The Morgan fingerprint density at radius 2 is 1.68 bits per heavy atom. The third-order valence-electron chi connectivity index (χ3n) is 5.32. The smallest absolute Gasteiger partial charge is 0.300 e. The zero-order valence-corrected chi connectivity index (χ0v) is 17.1. The first kappa shape index (κ1) is 20.2. The van der Waals surface area contributed by atoms with E-state index in [-0.39, 0.29) is 22.8 Å². The van der Waals surface area contributed by atoms with Crippen LogP contribution in [-0.4, -0.2) is 29.0 Å². The van der Waals surface area contributed by atoms with Crippen molar-refractivity contribution >= 4 is 23.1 Å². The molecule has 6 nitrogen and oxygen atoms in total. The molecule has 3 aromatic rings. The van der Waals surface area contributed by atoms with Gasteiger partial charge in [0.1, 0.15) is 17.3 Å². The van der Waals surface area contributed by atoms with E-state index in [4.69, 9.17) is 4.74 Å². The molecule has 31 heavy (non-hydrogen) atoms. The SMILES string of the molecule is COc1cccc(C2/C(=C(/O)c3ccc(C)cc3)C(=O)C(=O)N2c2ccccc2O)c1. The van der Waals surface area contributed by atoms with Crippen molar-refractivity contribution in [2.75, 3.05) is 12.0 Å². The van der Waals surface area contributed by atoms with Gasteiger partial charge in [-0.2, -0.15) is 0 Å². The van der Waals surface area contributed by atoms with E-state index in [2.05, 4.69) is 0 Å². The number of aromatic hydroxyl groups is 1. The summed E-state index contributed by atoms with van der Waals surface area (Å²) in [6.45, 7) is 1.91. The van der Waals surface area contributed by atoms with Crippen LogP contribution in [0.5, 0.6) is 11.5 Å². The van der Waals surface area contributed by atoms with Gasteiger partial charge in [-0.05, 0) is 36.8 Å². The maximum absolute atomic E-state index is 13.1. The summed E-state index contributed by atoms with van der Waals surface area (Å²) >= 11 is 0. The summed E-state index contributed by atoms with van der Waals surface area (Å²) in [5.41, 5.74) is 2.12. The quantitative estimate of drug-likeness (QED) is 0.376. The summed E-state index contributed by atoms with van der Waals surface area (Å²) in [5.74, 6) is -1.54. The Hall–Kier alpha value is -4.06. The number of hydrogen-bond donors (Lipinski definition) is 2. The van der Waals surface area contributed by atoms with Crippen molar-refractivity contribution in [1.29, 1.82) is 0 Å². The van der Waals surface area contributed by atoms with Gasteiger partial charge in [-0.15, -0.1) is 0 Å². The Morgan fingerprint density at radius 1 is 0.968 bits per heavy atom. The Labute approximate surface area is 179 Å². The highest BCUT2D eigenvalue weighted by Gasteiger charge is 2.47. The van der Waals surface area contributed by atoms with Crippen LogP contribution >= 0.6 is 0 Å². The van der Waals surface area contributed by atoms with E-state index >= 15 is 0 Å². The lowest BCUT2D eigenvalue weighted by Gasteiger charge is -2.26. The first-order chi connectivity index (χ1) is 14.9. The van der Waals surface area contributed by atoms with Gasteiger partial charge in [0.25, 0.3) is 11.7 Å².